The molecule has 2 fully saturated rings. The van der Waals surface area contributed by atoms with Crippen LogP contribution in [0.25, 0.3) is 11.2 Å². The summed E-state index contributed by atoms with van der Waals surface area (Å²) in [4.78, 5) is 33.3. The SMILES string of the molecule is CCCCCC(=O)O[C@@H]1[C@@H]2OP(=O)(O)OC[C@H]2O[C@H]1n1cnc2c(=S)nc[nH]c21. The van der Waals surface area contributed by atoms with Gasteiger partial charge in [-0.15, -0.1) is 0 Å². The number of H-pyrrole nitrogens is 1. The van der Waals surface area contributed by atoms with Crippen LogP contribution in [0.4, 0.5) is 0 Å². The monoisotopic (exact) mass is 444 g/mol. The minimum Gasteiger partial charge on any atom is -0.455 e. The van der Waals surface area contributed by atoms with Gasteiger partial charge < -0.3 is 19.4 Å². The van der Waals surface area contributed by atoms with E-state index in [2.05, 4.69) is 15.0 Å². The number of phosphoric ester groups is 1. The van der Waals surface area contributed by atoms with Crippen LogP contribution in [0.1, 0.15) is 38.8 Å². The average molecular weight is 444 g/mol. The fourth-order valence-electron chi connectivity index (χ4n) is 3.47. The van der Waals surface area contributed by atoms with Crippen molar-refractivity contribution in [2.45, 2.75) is 57.1 Å². The molecular formula is C16H21N4O7PS. The Kier molecular flexibility index (Phi) is 5.83. The van der Waals surface area contributed by atoms with Crippen molar-refractivity contribution in [3.05, 3.63) is 17.3 Å². The maximum atomic E-state index is 12.4. The van der Waals surface area contributed by atoms with Gasteiger partial charge in [0.15, 0.2) is 17.0 Å². The van der Waals surface area contributed by atoms with E-state index in [4.69, 9.17) is 30.7 Å². The number of phosphoric acid groups is 1. The van der Waals surface area contributed by atoms with Gasteiger partial charge in [0.1, 0.15) is 23.4 Å². The second-order valence-corrected chi connectivity index (χ2v) is 8.66. The fraction of sp³-hybridized carbons (Fsp3) is 0.625. The van der Waals surface area contributed by atoms with E-state index in [1.807, 2.05) is 6.92 Å². The van der Waals surface area contributed by atoms with Crippen molar-refractivity contribution in [1.29, 1.82) is 0 Å². The summed E-state index contributed by atoms with van der Waals surface area (Å²) in [5, 5.41) is 0. The fourth-order valence-corrected chi connectivity index (χ4v) is 4.63. The Hall–Kier alpha value is -1.69. The molecule has 4 heterocycles. The highest BCUT2D eigenvalue weighted by atomic mass is 32.1. The third-order valence-electron chi connectivity index (χ3n) is 4.85. The number of unbranched alkanes of at least 4 members (excludes halogenated alkanes) is 2. The highest BCUT2D eigenvalue weighted by molar-refractivity contribution is 7.71. The summed E-state index contributed by atoms with van der Waals surface area (Å²) >= 11 is 5.18. The maximum Gasteiger partial charge on any atom is 0.472 e. The Balaban J connectivity index is 1.65. The normalized spacial score (nSPS) is 31.7. The molecular weight excluding hydrogens is 423 g/mol. The highest BCUT2D eigenvalue weighted by Gasteiger charge is 2.55. The number of nitrogens with zero attached hydrogens (tertiary/aromatic N) is 3. The molecule has 158 valence electrons. The first-order valence-corrected chi connectivity index (χ1v) is 11.2. The average Bonchev–Trinajstić information content (AvgIpc) is 3.24. The zero-order valence-corrected chi connectivity index (χ0v) is 17.3. The molecule has 11 nitrogen and oxygen atoms in total. The molecule has 2 saturated heterocycles. The number of esters is 1. The van der Waals surface area contributed by atoms with Crippen molar-refractivity contribution in [3.8, 4) is 0 Å². The van der Waals surface area contributed by atoms with Crippen molar-refractivity contribution in [2.75, 3.05) is 6.61 Å². The minimum atomic E-state index is -4.25. The predicted octanol–water partition coefficient (Wildman–Crippen LogP) is 2.39. The number of imidazole rings is 1. The molecule has 1 unspecified atom stereocenters. The lowest BCUT2D eigenvalue weighted by Crippen LogP contribution is -2.41. The smallest absolute Gasteiger partial charge is 0.455 e. The second-order valence-electron chi connectivity index (χ2n) is 6.87. The zero-order chi connectivity index (χ0) is 20.6. The van der Waals surface area contributed by atoms with Crippen LogP contribution in [-0.4, -0.2) is 55.3 Å². The Labute approximate surface area is 171 Å². The summed E-state index contributed by atoms with van der Waals surface area (Å²) in [6.07, 6.45) is 2.25. The van der Waals surface area contributed by atoms with Crippen LogP contribution in [0.5, 0.6) is 0 Å². The summed E-state index contributed by atoms with van der Waals surface area (Å²) < 4.78 is 35.5. The van der Waals surface area contributed by atoms with E-state index in [0.717, 1.165) is 12.8 Å². The van der Waals surface area contributed by atoms with Crippen LogP contribution in [0, 0.1) is 4.64 Å². The molecule has 2 aromatic rings. The zero-order valence-electron chi connectivity index (χ0n) is 15.6. The van der Waals surface area contributed by atoms with Crippen LogP contribution in [-0.2, 0) is 27.9 Å². The standard InChI is InChI=1S/C16H21N4O7PS/c1-2-3-4-5-10(21)26-13-12-9(6-24-28(22,23)27-12)25-16(13)20-8-19-11-14(20)17-7-18-15(11)29/h7-9,12-13,16H,2-6H2,1H3,(H,22,23)(H,17,18,29)/t9-,12-,13-,16-/m1/s1. The van der Waals surface area contributed by atoms with Gasteiger partial charge in [0, 0.05) is 6.42 Å². The Bertz CT molecular complexity index is 1010. The van der Waals surface area contributed by atoms with Crippen LogP contribution >= 0.6 is 20.0 Å². The number of ether oxygens (including phenoxy) is 2. The number of fused-ring (bicyclic) bond motifs is 2. The third kappa shape index (κ3) is 4.14. The lowest BCUT2D eigenvalue weighted by atomic mass is 10.1. The Morgan fingerprint density at radius 2 is 2.31 bits per heavy atom. The van der Waals surface area contributed by atoms with Crippen LogP contribution in [0.15, 0.2) is 12.7 Å². The van der Waals surface area contributed by atoms with E-state index in [9.17, 15) is 14.3 Å². The van der Waals surface area contributed by atoms with Crippen molar-refractivity contribution in [3.63, 3.8) is 0 Å². The van der Waals surface area contributed by atoms with Gasteiger partial charge >= 0.3 is 13.8 Å². The molecule has 0 aromatic carbocycles. The molecule has 5 atom stereocenters. The lowest BCUT2D eigenvalue weighted by molar-refractivity contribution is -0.158. The highest BCUT2D eigenvalue weighted by Crippen LogP contribution is 2.53. The van der Waals surface area contributed by atoms with Gasteiger partial charge in [-0.2, -0.15) is 0 Å². The van der Waals surface area contributed by atoms with Crippen LogP contribution in [0.3, 0.4) is 0 Å². The van der Waals surface area contributed by atoms with Gasteiger partial charge in [-0.25, -0.2) is 14.5 Å². The second kappa shape index (κ2) is 8.21. The Morgan fingerprint density at radius 3 is 3.10 bits per heavy atom. The summed E-state index contributed by atoms with van der Waals surface area (Å²) in [5.41, 5.74) is 0.979. The quantitative estimate of drug-likeness (QED) is 0.296. The van der Waals surface area contributed by atoms with E-state index in [0.29, 0.717) is 22.2 Å². The molecule has 0 saturated carbocycles. The number of carbonyl (C=O) groups excluding carboxylic acids is 1. The molecule has 0 spiro atoms. The van der Waals surface area contributed by atoms with Gasteiger partial charge in [0.05, 0.1) is 19.3 Å². The number of hydrogen-bond acceptors (Lipinski definition) is 9. The molecule has 0 bridgehead atoms. The number of rotatable bonds is 6. The molecule has 2 aliphatic rings. The van der Waals surface area contributed by atoms with E-state index in [-0.39, 0.29) is 13.0 Å². The Morgan fingerprint density at radius 1 is 1.48 bits per heavy atom. The maximum absolute atomic E-state index is 12.4. The van der Waals surface area contributed by atoms with Crippen molar-refractivity contribution >= 4 is 37.2 Å². The topological polar surface area (TPSA) is 138 Å². The van der Waals surface area contributed by atoms with E-state index >= 15 is 0 Å². The first kappa shape index (κ1) is 20.6. The van der Waals surface area contributed by atoms with Crippen molar-refractivity contribution < 1.29 is 32.8 Å². The molecule has 2 aliphatic heterocycles. The molecule has 2 aromatic heterocycles. The largest absolute Gasteiger partial charge is 0.472 e. The van der Waals surface area contributed by atoms with E-state index in [1.165, 1.54) is 12.7 Å². The number of hydrogen-bond donors (Lipinski definition) is 2. The summed E-state index contributed by atoms with van der Waals surface area (Å²) in [6, 6.07) is 0. The van der Waals surface area contributed by atoms with Gasteiger partial charge in [0.2, 0.25) is 0 Å². The van der Waals surface area contributed by atoms with E-state index in [1.54, 1.807) is 4.57 Å². The number of nitrogens with one attached hydrogen (secondary N) is 1. The van der Waals surface area contributed by atoms with Gasteiger partial charge in [-0.1, -0.05) is 32.0 Å². The molecule has 13 heteroatoms. The van der Waals surface area contributed by atoms with E-state index < -0.39 is 38.3 Å². The molecule has 2 N–H and O–H groups in total. The van der Waals surface area contributed by atoms with Gasteiger partial charge in [0.25, 0.3) is 0 Å². The molecule has 29 heavy (non-hydrogen) atoms. The number of carbonyl (C=O) groups is 1. The van der Waals surface area contributed by atoms with Crippen molar-refractivity contribution in [2.24, 2.45) is 0 Å². The first-order valence-electron chi connectivity index (χ1n) is 9.30. The molecule has 0 aliphatic carbocycles. The van der Waals surface area contributed by atoms with Crippen LogP contribution in [0.2, 0.25) is 0 Å². The van der Waals surface area contributed by atoms with Gasteiger partial charge in [-0.3, -0.25) is 18.4 Å². The third-order valence-corrected chi connectivity index (χ3v) is 6.13. The minimum absolute atomic E-state index is 0.164. The summed E-state index contributed by atoms with van der Waals surface area (Å²) in [5.74, 6) is -0.431. The summed E-state index contributed by atoms with van der Waals surface area (Å²) in [6.45, 7) is 1.87. The molecule has 0 amide bonds. The number of aromatic amines is 1. The molecule has 0 radical (unpaired) electrons. The first-order chi connectivity index (χ1) is 13.9. The van der Waals surface area contributed by atoms with Crippen LogP contribution < -0.4 is 0 Å². The molecule has 4 rings (SSSR count). The lowest BCUT2D eigenvalue weighted by Gasteiger charge is -2.29. The number of aromatic nitrogens is 4. The van der Waals surface area contributed by atoms with Gasteiger partial charge in [-0.05, 0) is 6.42 Å². The summed E-state index contributed by atoms with van der Waals surface area (Å²) in [7, 11) is -4.25. The predicted molar refractivity (Wildman–Crippen MR) is 101 cm³/mol. The van der Waals surface area contributed by atoms with Crippen molar-refractivity contribution in [1.82, 2.24) is 19.5 Å².